The molecule has 0 aliphatic heterocycles. The predicted molar refractivity (Wildman–Crippen MR) is 87.0 cm³/mol. The first-order valence-corrected chi connectivity index (χ1v) is 7.39. The molecule has 0 amide bonds. The maximum Gasteiger partial charge on any atom is 0.165 e. The summed E-state index contributed by atoms with van der Waals surface area (Å²) in [5.41, 5.74) is 2.72. The van der Waals surface area contributed by atoms with Crippen molar-refractivity contribution in [2.45, 2.75) is 34.1 Å². The summed E-state index contributed by atoms with van der Waals surface area (Å²) < 4.78 is 19.6. The lowest BCUT2D eigenvalue weighted by molar-refractivity contribution is 0.386. The van der Waals surface area contributed by atoms with Crippen LogP contribution in [0.1, 0.15) is 39.7 Å². The molecule has 0 heterocycles. The zero-order chi connectivity index (χ0) is 15.3. The van der Waals surface area contributed by atoms with Crippen LogP contribution in [0, 0.1) is 11.7 Å². The summed E-state index contributed by atoms with van der Waals surface area (Å²) in [7, 11) is 1.46. The van der Waals surface area contributed by atoms with Gasteiger partial charge in [0.2, 0.25) is 0 Å². The van der Waals surface area contributed by atoms with E-state index < -0.39 is 0 Å². The van der Waals surface area contributed by atoms with Crippen LogP contribution in [-0.4, -0.2) is 11.7 Å². The highest BCUT2D eigenvalue weighted by atomic mass is 79.9. The van der Waals surface area contributed by atoms with E-state index in [1.807, 2.05) is 19.9 Å². The minimum absolute atomic E-state index is 0.245. The molecule has 110 valence electrons. The van der Waals surface area contributed by atoms with Crippen molar-refractivity contribution in [2.24, 2.45) is 10.9 Å². The molecule has 0 saturated carbocycles. The number of methoxy groups -OCH3 is 1. The van der Waals surface area contributed by atoms with Gasteiger partial charge in [0.05, 0.1) is 17.4 Å². The van der Waals surface area contributed by atoms with Gasteiger partial charge in [-0.2, -0.15) is 0 Å². The lowest BCUT2D eigenvalue weighted by Crippen LogP contribution is -1.96. The monoisotopic (exact) mass is 341 g/mol. The molecule has 0 saturated heterocycles. The summed E-state index contributed by atoms with van der Waals surface area (Å²) in [6.45, 7) is 8.21. The Morgan fingerprint density at radius 1 is 1.35 bits per heavy atom. The first kappa shape index (κ1) is 16.9. The van der Waals surface area contributed by atoms with Crippen molar-refractivity contribution in [2.75, 3.05) is 7.11 Å². The number of halogens is 2. The molecular formula is C16H21BrFNO. The SMILES string of the molecule is COc1ccc(C(/N=C(\C)Br)=C(/C)CC(C)C)cc1F. The highest BCUT2D eigenvalue weighted by molar-refractivity contribution is 9.18. The van der Waals surface area contributed by atoms with E-state index in [1.165, 1.54) is 13.2 Å². The molecule has 0 aromatic heterocycles. The third-order valence-corrected chi connectivity index (χ3v) is 2.99. The van der Waals surface area contributed by atoms with E-state index in [-0.39, 0.29) is 11.6 Å². The molecule has 1 aromatic rings. The number of allylic oxidation sites excluding steroid dienone is 1. The quantitative estimate of drug-likeness (QED) is 0.654. The van der Waals surface area contributed by atoms with Gasteiger partial charge < -0.3 is 4.74 Å². The third-order valence-electron chi connectivity index (χ3n) is 2.81. The van der Waals surface area contributed by atoms with Gasteiger partial charge in [-0.05, 0) is 65.9 Å². The zero-order valence-corrected chi connectivity index (χ0v) is 14.2. The second-order valence-corrected chi connectivity index (χ2v) is 6.33. The summed E-state index contributed by atoms with van der Waals surface area (Å²) in [5, 5.41) is 0. The Labute approximate surface area is 128 Å². The normalized spacial score (nSPS) is 13.5. The summed E-state index contributed by atoms with van der Waals surface area (Å²) in [6, 6.07) is 4.93. The molecule has 1 aromatic carbocycles. The van der Waals surface area contributed by atoms with Crippen LogP contribution < -0.4 is 4.74 Å². The molecule has 0 N–H and O–H groups in total. The van der Waals surface area contributed by atoms with Crippen LogP contribution in [0.3, 0.4) is 0 Å². The topological polar surface area (TPSA) is 21.6 Å². The van der Waals surface area contributed by atoms with Gasteiger partial charge in [-0.15, -0.1) is 0 Å². The Morgan fingerprint density at radius 2 is 2.00 bits per heavy atom. The Bertz CT molecular complexity index is 531. The van der Waals surface area contributed by atoms with E-state index in [2.05, 4.69) is 34.8 Å². The highest BCUT2D eigenvalue weighted by Gasteiger charge is 2.11. The standard InChI is InChI=1S/C16H21BrFNO/c1-10(2)8-11(3)16(19-12(4)17)13-6-7-15(20-5)14(18)9-13/h6-7,9-10H,8H2,1-5H3/b16-11+,19-12+. The number of nitrogens with zero attached hydrogens (tertiary/aromatic N) is 1. The number of hydrogen-bond acceptors (Lipinski definition) is 2. The lowest BCUT2D eigenvalue weighted by Gasteiger charge is -2.12. The molecule has 0 unspecified atom stereocenters. The van der Waals surface area contributed by atoms with E-state index in [0.717, 1.165) is 27.9 Å². The summed E-state index contributed by atoms with van der Waals surface area (Å²) in [5.74, 6) is 0.398. The van der Waals surface area contributed by atoms with Gasteiger partial charge >= 0.3 is 0 Å². The van der Waals surface area contributed by atoms with Gasteiger partial charge in [0.1, 0.15) is 0 Å². The molecule has 1 rings (SSSR count). The van der Waals surface area contributed by atoms with E-state index in [0.29, 0.717) is 5.92 Å². The maximum absolute atomic E-state index is 13.9. The number of rotatable bonds is 5. The molecule has 0 atom stereocenters. The first-order valence-electron chi connectivity index (χ1n) is 6.59. The molecule has 4 heteroatoms. The molecular weight excluding hydrogens is 321 g/mol. The van der Waals surface area contributed by atoms with Gasteiger partial charge in [-0.25, -0.2) is 9.38 Å². The van der Waals surface area contributed by atoms with Crippen molar-refractivity contribution in [1.82, 2.24) is 0 Å². The van der Waals surface area contributed by atoms with Crippen molar-refractivity contribution in [1.29, 1.82) is 0 Å². The van der Waals surface area contributed by atoms with Crippen LogP contribution in [0.25, 0.3) is 5.70 Å². The third kappa shape index (κ3) is 4.75. The fourth-order valence-electron chi connectivity index (χ4n) is 2.08. The Balaban J connectivity index is 3.31. The number of aliphatic imine (C=N–C) groups is 1. The van der Waals surface area contributed by atoms with Crippen molar-refractivity contribution in [3.63, 3.8) is 0 Å². The van der Waals surface area contributed by atoms with Gasteiger partial charge in [-0.1, -0.05) is 13.8 Å². The fourth-order valence-corrected chi connectivity index (χ4v) is 2.26. The summed E-state index contributed by atoms with van der Waals surface area (Å²) in [6.07, 6.45) is 0.923. The molecule has 0 spiro atoms. The second kappa shape index (κ2) is 7.58. The largest absolute Gasteiger partial charge is 0.494 e. The van der Waals surface area contributed by atoms with Crippen molar-refractivity contribution < 1.29 is 9.13 Å². The van der Waals surface area contributed by atoms with Gasteiger partial charge in [0.25, 0.3) is 0 Å². The number of hydrogen-bond donors (Lipinski definition) is 0. The number of ether oxygens (including phenoxy) is 1. The van der Waals surface area contributed by atoms with Gasteiger partial charge in [-0.3, -0.25) is 0 Å². The van der Waals surface area contributed by atoms with Gasteiger partial charge in [0, 0.05) is 5.56 Å². The van der Waals surface area contributed by atoms with Crippen LogP contribution in [0.2, 0.25) is 0 Å². The van der Waals surface area contributed by atoms with E-state index in [1.54, 1.807) is 6.07 Å². The summed E-state index contributed by atoms with van der Waals surface area (Å²) >= 11 is 3.35. The average Bonchev–Trinajstić information content (AvgIpc) is 2.34. The predicted octanol–water partition coefficient (Wildman–Crippen LogP) is 5.42. The fraction of sp³-hybridized carbons (Fsp3) is 0.438. The van der Waals surface area contributed by atoms with Crippen LogP contribution in [0.4, 0.5) is 4.39 Å². The molecule has 2 nitrogen and oxygen atoms in total. The molecule has 0 fully saturated rings. The Kier molecular flexibility index (Phi) is 6.40. The first-order chi connectivity index (χ1) is 9.35. The van der Waals surface area contributed by atoms with E-state index >= 15 is 0 Å². The molecule has 20 heavy (non-hydrogen) atoms. The zero-order valence-electron chi connectivity index (χ0n) is 12.6. The van der Waals surface area contributed by atoms with Crippen molar-refractivity contribution in [3.8, 4) is 5.75 Å². The van der Waals surface area contributed by atoms with Crippen LogP contribution in [-0.2, 0) is 0 Å². The molecule has 0 radical (unpaired) electrons. The minimum Gasteiger partial charge on any atom is -0.494 e. The Hall–Kier alpha value is -1.16. The van der Waals surface area contributed by atoms with Gasteiger partial charge in [0.15, 0.2) is 11.6 Å². The van der Waals surface area contributed by atoms with Crippen LogP contribution in [0.15, 0.2) is 28.8 Å². The number of benzene rings is 1. The highest BCUT2D eigenvalue weighted by Crippen LogP contribution is 2.28. The van der Waals surface area contributed by atoms with E-state index in [4.69, 9.17) is 4.74 Å². The molecule has 0 bridgehead atoms. The second-order valence-electron chi connectivity index (χ2n) is 5.19. The minimum atomic E-state index is -0.373. The van der Waals surface area contributed by atoms with E-state index in [9.17, 15) is 4.39 Å². The smallest absolute Gasteiger partial charge is 0.165 e. The average molecular weight is 342 g/mol. The van der Waals surface area contributed by atoms with Crippen LogP contribution >= 0.6 is 15.9 Å². The summed E-state index contributed by atoms with van der Waals surface area (Å²) in [4.78, 5) is 4.50. The molecule has 0 aliphatic rings. The Morgan fingerprint density at radius 3 is 2.45 bits per heavy atom. The van der Waals surface area contributed by atoms with Crippen molar-refractivity contribution >= 4 is 26.2 Å². The molecule has 0 aliphatic carbocycles. The van der Waals surface area contributed by atoms with Crippen LogP contribution in [0.5, 0.6) is 5.75 Å². The lowest BCUT2D eigenvalue weighted by atomic mass is 9.99. The maximum atomic E-state index is 13.9. The van der Waals surface area contributed by atoms with Crippen molar-refractivity contribution in [3.05, 3.63) is 35.2 Å².